The Morgan fingerprint density at radius 1 is 0.500 bits per heavy atom. The van der Waals surface area contributed by atoms with Gasteiger partial charge in [0.05, 0.1) is 12.1 Å². The van der Waals surface area contributed by atoms with E-state index in [2.05, 4.69) is 172 Å². The number of hydrogen-bond donors (Lipinski definition) is 0. The van der Waals surface area contributed by atoms with Crippen LogP contribution in [-0.4, -0.2) is 36.1 Å². The molecule has 2 aliphatic heterocycles. The van der Waals surface area contributed by atoms with Gasteiger partial charge in [-0.2, -0.15) is 0 Å². The molecule has 0 radical (unpaired) electrons. The Hall–Kier alpha value is -4.88. The van der Waals surface area contributed by atoms with Crippen molar-refractivity contribution >= 4 is 59.5 Å². The van der Waals surface area contributed by atoms with E-state index in [0.29, 0.717) is 11.8 Å². The number of benzene rings is 6. The molecule has 54 heavy (non-hydrogen) atoms. The van der Waals surface area contributed by atoms with Gasteiger partial charge in [-0.1, -0.05) is 140 Å². The first-order chi connectivity index (χ1) is 26.5. The van der Waals surface area contributed by atoms with E-state index < -0.39 is 15.8 Å². The van der Waals surface area contributed by atoms with Crippen molar-refractivity contribution in [1.82, 2.24) is 0 Å². The minimum Gasteiger partial charge on any atom is -0.471 e. The van der Waals surface area contributed by atoms with E-state index in [0.717, 1.165) is 29.3 Å². The third-order valence-electron chi connectivity index (χ3n) is 11.5. The van der Waals surface area contributed by atoms with Crippen molar-refractivity contribution < 1.29 is 9.47 Å². The largest absolute Gasteiger partial charge is 0.471 e. The standard InChI is InChI=1S/C48H42N2O2P2/c1-30-16-10-13-23-39(30)54(40-24-14-11-17-31(40)2)42-29-33(26-27-37(42)48-49-43-32(3)45(43)51-48)28-38-44-46(38)52-47(50-44)36-22-12-15-25-41(36)53(34-18-6-4-7-19-34)35-20-8-5-9-21-35/h4-27,29,32,38,43-46H,28H2,1-3H3/t32-,38-,43?,44?,45?,46?/m1/s1. The van der Waals surface area contributed by atoms with E-state index in [1.165, 1.54) is 48.5 Å². The minimum absolute atomic E-state index is 0.0984. The van der Waals surface area contributed by atoms with Gasteiger partial charge >= 0.3 is 0 Å². The summed E-state index contributed by atoms with van der Waals surface area (Å²) in [5.74, 6) is 2.45. The SMILES string of the molecule is Cc1ccccc1P(c1ccccc1C)c1cc(C[C@@H]2C3N=C(c4ccccc4P(c4ccccc4)c4ccccc4)OC32)ccc1C1=NC2C(O1)[C@@H]2C. The summed E-state index contributed by atoms with van der Waals surface area (Å²) in [6.45, 7) is 6.72. The van der Waals surface area contributed by atoms with Crippen LogP contribution in [0, 0.1) is 25.7 Å². The molecule has 4 nitrogen and oxygen atoms in total. The molecule has 0 aromatic heterocycles. The van der Waals surface area contributed by atoms with Gasteiger partial charge in [-0.15, -0.1) is 0 Å². The second kappa shape index (κ2) is 13.8. The molecule has 0 saturated heterocycles. The normalized spacial score (nSPS) is 23.3. The summed E-state index contributed by atoms with van der Waals surface area (Å²) >= 11 is 0. The Morgan fingerprint density at radius 3 is 1.57 bits per heavy atom. The lowest BCUT2D eigenvalue weighted by molar-refractivity contribution is 0.283. The van der Waals surface area contributed by atoms with Crippen LogP contribution in [0.3, 0.4) is 0 Å². The van der Waals surface area contributed by atoms with Gasteiger partial charge in [-0.25, -0.2) is 9.98 Å². The average molecular weight is 741 g/mol. The molecule has 6 heteroatoms. The zero-order valence-corrected chi connectivity index (χ0v) is 32.5. The van der Waals surface area contributed by atoms with Crippen LogP contribution >= 0.6 is 15.8 Å². The Kier molecular flexibility index (Phi) is 8.58. The van der Waals surface area contributed by atoms with Gasteiger partial charge in [0.25, 0.3) is 0 Å². The zero-order chi connectivity index (χ0) is 36.3. The highest BCUT2D eigenvalue weighted by Gasteiger charge is 2.57. The Balaban J connectivity index is 0.984. The van der Waals surface area contributed by atoms with Crippen LogP contribution in [0.1, 0.15) is 34.7 Å². The fourth-order valence-electron chi connectivity index (χ4n) is 8.31. The molecule has 2 heterocycles. The lowest BCUT2D eigenvalue weighted by atomic mass is 10.1. The first kappa shape index (κ1) is 33.7. The van der Waals surface area contributed by atoms with Crippen molar-refractivity contribution in [2.75, 3.05) is 0 Å². The highest BCUT2D eigenvalue weighted by Crippen LogP contribution is 2.47. The van der Waals surface area contributed by atoms with Crippen LogP contribution in [-0.2, 0) is 15.9 Å². The number of hydrogen-bond acceptors (Lipinski definition) is 4. The summed E-state index contributed by atoms with van der Waals surface area (Å²) in [6, 6.07) is 55.7. The maximum absolute atomic E-state index is 6.77. The first-order valence-electron chi connectivity index (χ1n) is 19.1. The molecule has 10 rings (SSSR count). The highest BCUT2D eigenvalue weighted by atomic mass is 31.1. The minimum atomic E-state index is -0.872. The lowest BCUT2D eigenvalue weighted by Crippen LogP contribution is -2.29. The molecule has 0 amide bonds. The predicted molar refractivity (Wildman–Crippen MR) is 227 cm³/mol. The molecule has 2 aliphatic carbocycles. The Labute approximate surface area is 320 Å². The molecule has 2 fully saturated rings. The third-order valence-corrected chi connectivity index (χ3v) is 16.8. The van der Waals surface area contributed by atoms with E-state index in [4.69, 9.17) is 19.5 Å². The molecular formula is C48H42N2O2P2. The third kappa shape index (κ3) is 6.01. The van der Waals surface area contributed by atoms with Crippen molar-refractivity contribution in [2.45, 2.75) is 51.5 Å². The van der Waals surface area contributed by atoms with Crippen LogP contribution in [0.4, 0.5) is 0 Å². The highest BCUT2D eigenvalue weighted by molar-refractivity contribution is 7.80. The van der Waals surface area contributed by atoms with Gasteiger partial charge in [-0.05, 0) is 103 Å². The van der Waals surface area contributed by atoms with Gasteiger partial charge < -0.3 is 9.47 Å². The van der Waals surface area contributed by atoms with Gasteiger partial charge in [0, 0.05) is 23.0 Å². The fourth-order valence-corrected chi connectivity index (χ4v) is 13.6. The molecular weight excluding hydrogens is 698 g/mol. The maximum Gasteiger partial charge on any atom is 0.217 e. The molecule has 0 N–H and O–H groups in total. The molecule has 266 valence electrons. The molecule has 6 aromatic rings. The van der Waals surface area contributed by atoms with E-state index in [1.807, 2.05) is 0 Å². The predicted octanol–water partition coefficient (Wildman–Crippen LogP) is 7.37. The number of rotatable bonds is 10. The molecule has 2 saturated carbocycles. The van der Waals surface area contributed by atoms with E-state index in [1.54, 1.807) is 0 Å². The molecule has 0 bridgehead atoms. The summed E-state index contributed by atoms with van der Waals surface area (Å²) in [4.78, 5) is 10.4. The Morgan fingerprint density at radius 2 is 1.02 bits per heavy atom. The zero-order valence-electron chi connectivity index (χ0n) is 30.7. The van der Waals surface area contributed by atoms with Crippen LogP contribution in [0.15, 0.2) is 162 Å². The van der Waals surface area contributed by atoms with Gasteiger partial charge in [0.1, 0.15) is 12.2 Å². The number of fused-ring (bicyclic) bond motifs is 2. The molecule has 6 aromatic carbocycles. The van der Waals surface area contributed by atoms with E-state index in [-0.39, 0.29) is 24.3 Å². The number of ether oxygens (including phenoxy) is 2. The summed E-state index contributed by atoms with van der Waals surface area (Å²) < 4.78 is 13.3. The molecule has 4 unspecified atom stereocenters. The van der Waals surface area contributed by atoms with Crippen molar-refractivity contribution in [1.29, 1.82) is 0 Å². The van der Waals surface area contributed by atoms with Crippen molar-refractivity contribution in [2.24, 2.45) is 21.8 Å². The quantitative estimate of drug-likeness (QED) is 0.138. The lowest BCUT2D eigenvalue weighted by Gasteiger charge is -2.26. The number of aryl methyl sites for hydroxylation is 2. The van der Waals surface area contributed by atoms with Crippen molar-refractivity contribution in [3.8, 4) is 0 Å². The first-order valence-corrected chi connectivity index (χ1v) is 21.7. The van der Waals surface area contributed by atoms with Crippen molar-refractivity contribution in [3.63, 3.8) is 0 Å². The van der Waals surface area contributed by atoms with E-state index >= 15 is 0 Å². The molecule has 6 atom stereocenters. The topological polar surface area (TPSA) is 43.2 Å². The van der Waals surface area contributed by atoms with Gasteiger partial charge in [-0.3, -0.25) is 0 Å². The second-order valence-corrected chi connectivity index (χ2v) is 19.3. The van der Waals surface area contributed by atoms with Crippen LogP contribution in [0.2, 0.25) is 0 Å². The molecule has 4 aliphatic rings. The summed E-state index contributed by atoms with van der Waals surface area (Å²) in [6.07, 6.45) is 1.23. The summed E-state index contributed by atoms with van der Waals surface area (Å²) in [5.41, 5.74) is 6.18. The van der Waals surface area contributed by atoms with E-state index in [9.17, 15) is 0 Å². The van der Waals surface area contributed by atoms with Crippen LogP contribution in [0.5, 0.6) is 0 Å². The summed E-state index contributed by atoms with van der Waals surface area (Å²) in [5, 5.41) is 8.00. The average Bonchev–Trinajstić information content (AvgIpc) is 3.79. The monoisotopic (exact) mass is 740 g/mol. The summed E-state index contributed by atoms with van der Waals surface area (Å²) in [7, 11) is -1.65. The number of nitrogens with zero attached hydrogens (tertiary/aromatic N) is 2. The second-order valence-electron chi connectivity index (χ2n) is 15.0. The maximum atomic E-state index is 6.77. The van der Waals surface area contributed by atoms with Crippen molar-refractivity contribution in [3.05, 3.63) is 179 Å². The number of aliphatic imine (C=N–C) groups is 2. The van der Waals surface area contributed by atoms with Gasteiger partial charge in [0.2, 0.25) is 11.8 Å². The van der Waals surface area contributed by atoms with Crippen LogP contribution in [0.25, 0.3) is 0 Å². The molecule has 0 spiro atoms. The van der Waals surface area contributed by atoms with Gasteiger partial charge in [0.15, 0.2) is 0 Å². The van der Waals surface area contributed by atoms with Crippen LogP contribution < -0.4 is 31.8 Å². The Bertz CT molecular complexity index is 2340. The smallest absolute Gasteiger partial charge is 0.217 e. The fraction of sp³-hybridized carbons (Fsp3) is 0.208.